The van der Waals surface area contributed by atoms with E-state index in [4.69, 9.17) is 20.2 Å². The Kier molecular flexibility index (Phi) is 6.48. The molecular formula is C26H35N7O2. The lowest BCUT2D eigenvalue weighted by Gasteiger charge is -2.39. The number of aromatic nitrogens is 4. The van der Waals surface area contributed by atoms with E-state index in [1.165, 1.54) is 16.7 Å². The van der Waals surface area contributed by atoms with Crippen LogP contribution in [-0.4, -0.2) is 63.5 Å². The summed E-state index contributed by atoms with van der Waals surface area (Å²) in [5.74, 6) is 1.17. The molecule has 0 atom stereocenters. The fourth-order valence-corrected chi connectivity index (χ4v) is 4.77. The highest BCUT2D eigenvalue weighted by molar-refractivity contribution is 5.64. The van der Waals surface area contributed by atoms with E-state index < -0.39 is 0 Å². The van der Waals surface area contributed by atoms with Crippen molar-refractivity contribution in [2.75, 3.05) is 39.1 Å². The van der Waals surface area contributed by atoms with E-state index in [-0.39, 0.29) is 11.4 Å². The summed E-state index contributed by atoms with van der Waals surface area (Å²) >= 11 is 0. The number of nitrogen functional groups attached to an aromatic ring is 1. The maximum Gasteiger partial charge on any atom is 0.263 e. The van der Waals surface area contributed by atoms with E-state index in [1.54, 1.807) is 12.4 Å². The van der Waals surface area contributed by atoms with Gasteiger partial charge in [-0.2, -0.15) is 5.10 Å². The zero-order valence-electron chi connectivity index (χ0n) is 21.0. The molecule has 1 aromatic carbocycles. The molecule has 3 N–H and O–H groups in total. The first kappa shape index (κ1) is 23.7. The van der Waals surface area contributed by atoms with Crippen LogP contribution in [0.3, 0.4) is 0 Å². The number of benzene rings is 1. The van der Waals surface area contributed by atoms with Gasteiger partial charge in [-0.15, -0.1) is 0 Å². The fraction of sp³-hybridized carbons (Fsp3) is 0.500. The lowest BCUT2D eigenvalue weighted by molar-refractivity contribution is -0.0650. The number of anilines is 1. The molecule has 0 radical (unpaired) electrons. The molecule has 35 heavy (non-hydrogen) atoms. The van der Waals surface area contributed by atoms with Crippen LogP contribution in [0.1, 0.15) is 42.5 Å². The molecule has 9 heteroatoms. The molecule has 2 saturated heterocycles. The highest BCUT2D eigenvalue weighted by Crippen LogP contribution is 2.30. The number of rotatable bonds is 7. The summed E-state index contributed by atoms with van der Waals surface area (Å²) < 4.78 is 13.4. The summed E-state index contributed by atoms with van der Waals surface area (Å²) in [7, 11) is 2.15. The molecule has 5 rings (SSSR count). The minimum absolute atomic E-state index is 0.0629. The maximum atomic E-state index is 6.11. The lowest BCUT2D eigenvalue weighted by Crippen LogP contribution is -2.57. The van der Waals surface area contributed by atoms with Gasteiger partial charge in [0, 0.05) is 12.1 Å². The molecule has 0 spiro atoms. The van der Waals surface area contributed by atoms with Crippen LogP contribution in [0.4, 0.5) is 5.82 Å². The van der Waals surface area contributed by atoms with Crippen molar-refractivity contribution >= 4 is 5.82 Å². The molecule has 0 unspecified atom stereocenters. The van der Waals surface area contributed by atoms with Gasteiger partial charge in [0.1, 0.15) is 0 Å². The Morgan fingerprint density at radius 2 is 1.89 bits per heavy atom. The Hall–Kier alpha value is -3.01. The topological polar surface area (TPSA) is 103 Å². The number of ether oxygens (including phenoxy) is 2. The number of likely N-dealkylation sites (tertiary alicyclic amines) is 1. The van der Waals surface area contributed by atoms with Gasteiger partial charge in [-0.25, -0.2) is 9.97 Å². The Balaban J connectivity index is 1.32. The van der Waals surface area contributed by atoms with Crippen LogP contribution < -0.4 is 15.8 Å². The van der Waals surface area contributed by atoms with E-state index in [0.29, 0.717) is 17.7 Å². The molecular weight excluding hydrogens is 442 g/mol. The zero-order valence-corrected chi connectivity index (χ0v) is 21.0. The van der Waals surface area contributed by atoms with Crippen molar-refractivity contribution in [3.8, 4) is 22.9 Å². The van der Waals surface area contributed by atoms with E-state index in [1.807, 2.05) is 10.9 Å². The molecule has 0 saturated carbocycles. The molecule has 9 nitrogen and oxygen atoms in total. The average molecular weight is 478 g/mol. The molecule has 4 heterocycles. The van der Waals surface area contributed by atoms with Gasteiger partial charge < -0.3 is 25.4 Å². The third kappa shape index (κ3) is 5.17. The first-order valence-electron chi connectivity index (χ1n) is 12.3. The summed E-state index contributed by atoms with van der Waals surface area (Å²) in [5, 5.41) is 8.14. The summed E-state index contributed by atoms with van der Waals surface area (Å²) in [4.78, 5) is 11.4. The van der Waals surface area contributed by atoms with Crippen molar-refractivity contribution in [2.24, 2.45) is 0 Å². The number of nitrogens with one attached hydrogen (secondary N) is 1. The van der Waals surface area contributed by atoms with E-state index in [0.717, 1.165) is 56.9 Å². The van der Waals surface area contributed by atoms with Gasteiger partial charge in [0.2, 0.25) is 0 Å². The first-order chi connectivity index (χ1) is 16.8. The third-order valence-electron chi connectivity index (χ3n) is 7.15. The molecule has 0 amide bonds. The van der Waals surface area contributed by atoms with Gasteiger partial charge in [-0.1, -0.05) is 0 Å². The molecule has 2 aliphatic rings. The predicted molar refractivity (Wildman–Crippen MR) is 135 cm³/mol. The minimum Gasteiger partial charge on any atom is -0.433 e. The van der Waals surface area contributed by atoms with Gasteiger partial charge >= 0.3 is 0 Å². The normalized spacial score (nSPS) is 18.4. The zero-order chi connectivity index (χ0) is 24.6. The monoisotopic (exact) mass is 477 g/mol. The Morgan fingerprint density at radius 1 is 1.17 bits per heavy atom. The van der Waals surface area contributed by atoms with Crippen LogP contribution in [0, 0.1) is 13.8 Å². The number of aryl methyl sites for hydroxylation is 2. The van der Waals surface area contributed by atoms with Gasteiger partial charge in [-0.05, 0) is 82.6 Å². The van der Waals surface area contributed by atoms with Crippen LogP contribution in [0.25, 0.3) is 11.3 Å². The maximum absolute atomic E-state index is 6.11. The lowest BCUT2D eigenvalue weighted by atomic mass is 9.95. The summed E-state index contributed by atoms with van der Waals surface area (Å²) in [5.41, 5.74) is 11.6. The SMILES string of the molecule is Cc1cc(-c2cnc(N)c(Oc3cnn(C4CCN(C)CC4)c3)n2)cc(C)c1CNC1(C)COC1. The van der Waals surface area contributed by atoms with E-state index in [2.05, 4.69) is 60.3 Å². The molecule has 0 aliphatic carbocycles. The van der Waals surface area contributed by atoms with Crippen molar-refractivity contribution < 1.29 is 9.47 Å². The van der Waals surface area contributed by atoms with Crippen LogP contribution in [0.5, 0.6) is 11.6 Å². The molecule has 2 aromatic heterocycles. The number of nitrogens with zero attached hydrogens (tertiary/aromatic N) is 5. The fourth-order valence-electron chi connectivity index (χ4n) is 4.77. The molecule has 2 aliphatic heterocycles. The molecule has 0 bridgehead atoms. The number of hydrogen-bond acceptors (Lipinski definition) is 8. The Bertz CT molecular complexity index is 1170. The standard InChI is InChI=1S/C26H35N7O2/c1-17-9-19(10-18(2)22(17)12-29-26(3)15-34-16-26)23-13-28-24(27)25(31-23)35-21-11-30-33(14-21)20-5-7-32(4)8-6-20/h9-11,13-14,20,29H,5-8,12,15-16H2,1-4H3,(H2,27,28). The molecule has 3 aromatic rings. The average Bonchev–Trinajstić information content (AvgIpc) is 3.27. The smallest absolute Gasteiger partial charge is 0.263 e. The van der Waals surface area contributed by atoms with Crippen molar-refractivity contribution in [3.05, 3.63) is 47.4 Å². The molecule has 2 fully saturated rings. The van der Waals surface area contributed by atoms with Crippen molar-refractivity contribution in [3.63, 3.8) is 0 Å². The minimum atomic E-state index is 0.0629. The summed E-state index contributed by atoms with van der Waals surface area (Å²) in [6, 6.07) is 4.67. The van der Waals surface area contributed by atoms with Gasteiger partial charge in [0.25, 0.3) is 5.88 Å². The number of piperidine rings is 1. The predicted octanol–water partition coefficient (Wildman–Crippen LogP) is 3.48. The largest absolute Gasteiger partial charge is 0.433 e. The van der Waals surface area contributed by atoms with E-state index >= 15 is 0 Å². The van der Waals surface area contributed by atoms with E-state index in [9.17, 15) is 0 Å². The first-order valence-corrected chi connectivity index (χ1v) is 12.3. The van der Waals surface area contributed by atoms with Gasteiger partial charge in [-0.3, -0.25) is 4.68 Å². The van der Waals surface area contributed by atoms with Crippen molar-refractivity contribution in [2.45, 2.75) is 51.7 Å². The Labute approximate surface area is 206 Å². The van der Waals surface area contributed by atoms with Crippen LogP contribution in [0.2, 0.25) is 0 Å². The second-order valence-electron chi connectivity index (χ2n) is 10.2. The van der Waals surface area contributed by atoms with Crippen LogP contribution in [-0.2, 0) is 11.3 Å². The second kappa shape index (κ2) is 9.56. The summed E-state index contributed by atoms with van der Waals surface area (Å²) in [6.07, 6.45) is 7.49. The van der Waals surface area contributed by atoms with Crippen molar-refractivity contribution in [1.82, 2.24) is 30.0 Å². The van der Waals surface area contributed by atoms with Gasteiger partial charge in [0.15, 0.2) is 11.6 Å². The van der Waals surface area contributed by atoms with Gasteiger partial charge in [0.05, 0.1) is 49.1 Å². The quantitative estimate of drug-likeness (QED) is 0.533. The van der Waals surface area contributed by atoms with Crippen molar-refractivity contribution in [1.29, 1.82) is 0 Å². The summed E-state index contributed by atoms with van der Waals surface area (Å²) in [6.45, 7) is 10.9. The third-order valence-corrected chi connectivity index (χ3v) is 7.15. The highest BCUT2D eigenvalue weighted by Gasteiger charge is 2.32. The van der Waals surface area contributed by atoms with Crippen LogP contribution in [0.15, 0.2) is 30.7 Å². The number of hydrogen-bond donors (Lipinski definition) is 2. The van der Waals surface area contributed by atoms with Crippen LogP contribution >= 0.6 is 0 Å². The second-order valence-corrected chi connectivity index (χ2v) is 10.2. The number of nitrogens with two attached hydrogens (primary N) is 1. The molecule has 186 valence electrons. The Morgan fingerprint density at radius 3 is 2.54 bits per heavy atom. The highest BCUT2D eigenvalue weighted by atomic mass is 16.5.